The maximum atomic E-state index is 5.79. The molecular weight excluding hydrogens is 250 g/mol. The summed E-state index contributed by atoms with van der Waals surface area (Å²) in [6, 6.07) is 17.5. The second-order valence-corrected chi connectivity index (χ2v) is 4.52. The van der Waals surface area contributed by atoms with Crippen LogP contribution >= 0.6 is 0 Å². The average molecular weight is 265 g/mol. The van der Waals surface area contributed by atoms with Gasteiger partial charge in [0.15, 0.2) is 0 Å². The Morgan fingerprint density at radius 2 is 1.80 bits per heavy atom. The van der Waals surface area contributed by atoms with Gasteiger partial charge in [-0.25, -0.2) is 0 Å². The summed E-state index contributed by atoms with van der Waals surface area (Å²) >= 11 is 0. The molecule has 3 N–H and O–H groups in total. The Bertz CT molecular complexity index is 717. The number of methoxy groups -OCH3 is 1. The maximum Gasteiger partial charge on any atom is 0.118 e. The summed E-state index contributed by atoms with van der Waals surface area (Å²) in [5.41, 5.74) is 10.4. The molecule has 0 saturated carbocycles. The van der Waals surface area contributed by atoms with Crippen molar-refractivity contribution in [2.45, 2.75) is 0 Å². The minimum atomic E-state index is 0.733. The van der Waals surface area contributed by atoms with E-state index < -0.39 is 0 Å². The Labute approximate surface area is 117 Å². The summed E-state index contributed by atoms with van der Waals surface area (Å²) in [5, 5.41) is 7.38. The molecule has 0 radical (unpaired) electrons. The van der Waals surface area contributed by atoms with Crippen molar-refractivity contribution in [2.75, 3.05) is 12.8 Å². The number of hydrogen-bond donors (Lipinski definition) is 2. The molecule has 1 aromatic heterocycles. The highest BCUT2D eigenvalue weighted by Crippen LogP contribution is 2.26. The van der Waals surface area contributed by atoms with Gasteiger partial charge >= 0.3 is 0 Å². The van der Waals surface area contributed by atoms with E-state index in [1.165, 1.54) is 0 Å². The van der Waals surface area contributed by atoms with Gasteiger partial charge in [-0.1, -0.05) is 12.1 Å². The number of benzene rings is 2. The first-order chi connectivity index (χ1) is 9.76. The highest BCUT2D eigenvalue weighted by atomic mass is 16.5. The number of anilines is 1. The van der Waals surface area contributed by atoms with E-state index in [4.69, 9.17) is 10.5 Å². The molecule has 0 aliphatic rings. The quantitative estimate of drug-likeness (QED) is 0.714. The SMILES string of the molecule is COc1ccc(-c2cc(-c3cccc(N)c3)n[nH]2)cc1. The Hall–Kier alpha value is -2.75. The molecule has 2 aromatic carbocycles. The van der Waals surface area contributed by atoms with E-state index in [0.717, 1.165) is 34.0 Å². The number of aromatic amines is 1. The number of ether oxygens (including phenoxy) is 1. The fourth-order valence-corrected chi connectivity index (χ4v) is 2.09. The Morgan fingerprint density at radius 1 is 1.00 bits per heavy atom. The monoisotopic (exact) mass is 265 g/mol. The molecule has 4 nitrogen and oxygen atoms in total. The summed E-state index contributed by atoms with van der Waals surface area (Å²) in [6.45, 7) is 0. The van der Waals surface area contributed by atoms with Crippen molar-refractivity contribution in [3.8, 4) is 28.3 Å². The topological polar surface area (TPSA) is 63.9 Å². The lowest BCUT2D eigenvalue weighted by molar-refractivity contribution is 0.415. The van der Waals surface area contributed by atoms with Gasteiger partial charge in [-0.3, -0.25) is 5.10 Å². The molecule has 0 amide bonds. The Kier molecular flexibility index (Phi) is 3.13. The molecule has 0 aliphatic heterocycles. The first-order valence-corrected chi connectivity index (χ1v) is 6.32. The van der Waals surface area contributed by atoms with Gasteiger partial charge in [-0.2, -0.15) is 5.10 Å². The summed E-state index contributed by atoms with van der Waals surface area (Å²) in [6.07, 6.45) is 0. The predicted molar refractivity (Wildman–Crippen MR) is 80.4 cm³/mol. The lowest BCUT2D eigenvalue weighted by Gasteiger charge is -2.00. The van der Waals surface area contributed by atoms with Gasteiger partial charge in [0.25, 0.3) is 0 Å². The van der Waals surface area contributed by atoms with Crippen LogP contribution < -0.4 is 10.5 Å². The molecule has 0 atom stereocenters. The summed E-state index contributed by atoms with van der Waals surface area (Å²) in [7, 11) is 1.66. The van der Waals surface area contributed by atoms with E-state index in [1.54, 1.807) is 7.11 Å². The van der Waals surface area contributed by atoms with Crippen molar-refractivity contribution in [1.29, 1.82) is 0 Å². The van der Waals surface area contributed by atoms with E-state index in [0.29, 0.717) is 0 Å². The number of H-pyrrole nitrogens is 1. The van der Waals surface area contributed by atoms with Crippen LogP contribution in [0, 0.1) is 0 Å². The molecule has 0 fully saturated rings. The molecule has 4 heteroatoms. The molecule has 0 saturated heterocycles. The highest BCUT2D eigenvalue weighted by Gasteiger charge is 2.06. The van der Waals surface area contributed by atoms with Gasteiger partial charge in [0.2, 0.25) is 0 Å². The van der Waals surface area contributed by atoms with Crippen LogP contribution in [0.1, 0.15) is 0 Å². The number of aromatic nitrogens is 2. The minimum Gasteiger partial charge on any atom is -0.497 e. The first kappa shape index (κ1) is 12.3. The number of nitrogens with one attached hydrogen (secondary N) is 1. The van der Waals surface area contributed by atoms with Gasteiger partial charge in [-0.05, 0) is 48.0 Å². The highest BCUT2D eigenvalue weighted by molar-refractivity contribution is 5.70. The zero-order valence-corrected chi connectivity index (χ0v) is 11.1. The number of hydrogen-bond acceptors (Lipinski definition) is 3. The van der Waals surface area contributed by atoms with Gasteiger partial charge < -0.3 is 10.5 Å². The van der Waals surface area contributed by atoms with Crippen LogP contribution in [0.15, 0.2) is 54.6 Å². The molecule has 1 heterocycles. The maximum absolute atomic E-state index is 5.79. The Morgan fingerprint density at radius 3 is 2.50 bits per heavy atom. The molecule has 0 spiro atoms. The predicted octanol–water partition coefficient (Wildman–Crippen LogP) is 3.33. The number of nitrogens with zero attached hydrogens (tertiary/aromatic N) is 1. The lowest BCUT2D eigenvalue weighted by atomic mass is 10.1. The third kappa shape index (κ3) is 2.36. The van der Waals surface area contributed by atoms with Crippen LogP contribution in [0.4, 0.5) is 5.69 Å². The van der Waals surface area contributed by atoms with E-state index >= 15 is 0 Å². The van der Waals surface area contributed by atoms with Crippen molar-refractivity contribution in [2.24, 2.45) is 0 Å². The van der Waals surface area contributed by atoms with Crippen molar-refractivity contribution in [1.82, 2.24) is 10.2 Å². The van der Waals surface area contributed by atoms with Crippen molar-refractivity contribution in [3.05, 3.63) is 54.6 Å². The van der Waals surface area contributed by atoms with Crippen LogP contribution in [-0.4, -0.2) is 17.3 Å². The number of nitrogen functional groups attached to an aromatic ring is 1. The van der Waals surface area contributed by atoms with Crippen molar-refractivity contribution < 1.29 is 4.74 Å². The van der Waals surface area contributed by atoms with Crippen LogP contribution in [0.25, 0.3) is 22.5 Å². The lowest BCUT2D eigenvalue weighted by Crippen LogP contribution is -1.84. The summed E-state index contributed by atoms with van der Waals surface area (Å²) < 4.78 is 5.15. The fourth-order valence-electron chi connectivity index (χ4n) is 2.09. The second kappa shape index (κ2) is 5.09. The summed E-state index contributed by atoms with van der Waals surface area (Å²) in [4.78, 5) is 0. The van der Waals surface area contributed by atoms with Gasteiger partial charge in [0, 0.05) is 11.3 Å². The Balaban J connectivity index is 1.93. The molecular formula is C16H15N3O. The van der Waals surface area contributed by atoms with Gasteiger partial charge in [-0.15, -0.1) is 0 Å². The standard InChI is InChI=1S/C16H15N3O/c1-20-14-7-5-11(6-8-14)15-10-16(19-18-15)12-3-2-4-13(17)9-12/h2-10H,17H2,1H3,(H,18,19). The molecule has 3 rings (SSSR count). The van der Waals surface area contributed by atoms with Crippen LogP contribution in [0.2, 0.25) is 0 Å². The van der Waals surface area contributed by atoms with Gasteiger partial charge in [0.05, 0.1) is 18.5 Å². The van der Waals surface area contributed by atoms with E-state index in [1.807, 2.05) is 54.6 Å². The van der Waals surface area contributed by atoms with Gasteiger partial charge in [0.1, 0.15) is 5.75 Å². The average Bonchev–Trinajstić information content (AvgIpc) is 2.97. The third-order valence-electron chi connectivity index (χ3n) is 3.16. The smallest absolute Gasteiger partial charge is 0.118 e. The zero-order chi connectivity index (χ0) is 13.9. The molecule has 0 bridgehead atoms. The molecule has 0 aliphatic carbocycles. The number of rotatable bonds is 3. The molecule has 20 heavy (non-hydrogen) atoms. The second-order valence-electron chi connectivity index (χ2n) is 4.52. The normalized spacial score (nSPS) is 10.4. The van der Waals surface area contributed by atoms with E-state index in [-0.39, 0.29) is 0 Å². The first-order valence-electron chi connectivity index (χ1n) is 6.32. The fraction of sp³-hybridized carbons (Fsp3) is 0.0625. The van der Waals surface area contributed by atoms with Crippen LogP contribution in [0.3, 0.4) is 0 Å². The van der Waals surface area contributed by atoms with Crippen LogP contribution in [0.5, 0.6) is 5.75 Å². The van der Waals surface area contributed by atoms with Crippen molar-refractivity contribution >= 4 is 5.69 Å². The summed E-state index contributed by atoms with van der Waals surface area (Å²) in [5.74, 6) is 0.837. The molecule has 3 aromatic rings. The van der Waals surface area contributed by atoms with Crippen LogP contribution in [-0.2, 0) is 0 Å². The third-order valence-corrected chi connectivity index (χ3v) is 3.16. The minimum absolute atomic E-state index is 0.733. The molecule has 100 valence electrons. The van der Waals surface area contributed by atoms with E-state index in [2.05, 4.69) is 10.2 Å². The number of nitrogens with two attached hydrogens (primary N) is 1. The largest absolute Gasteiger partial charge is 0.497 e. The van der Waals surface area contributed by atoms with E-state index in [9.17, 15) is 0 Å². The van der Waals surface area contributed by atoms with Crippen molar-refractivity contribution in [3.63, 3.8) is 0 Å². The zero-order valence-electron chi connectivity index (χ0n) is 11.1. The molecule has 0 unspecified atom stereocenters.